The van der Waals surface area contributed by atoms with Gasteiger partial charge in [0.1, 0.15) is 22.7 Å². The van der Waals surface area contributed by atoms with Crippen molar-refractivity contribution >= 4 is 62.7 Å². The van der Waals surface area contributed by atoms with E-state index in [2.05, 4.69) is 30.6 Å². The fourth-order valence-corrected chi connectivity index (χ4v) is 8.33. The molecular weight excluding hydrogens is 1170 g/mol. The van der Waals surface area contributed by atoms with E-state index in [4.69, 9.17) is 23.7 Å². The summed E-state index contributed by atoms with van der Waals surface area (Å²) in [5.41, 5.74) is 2.27. The minimum atomic E-state index is -5.16. The average molecular weight is 1230 g/mol. The van der Waals surface area contributed by atoms with Crippen LogP contribution in [0.5, 0.6) is 17.2 Å². The number of benzene rings is 3. The number of nitrogens with zero attached hydrogens (tertiary/aromatic N) is 6. The van der Waals surface area contributed by atoms with Crippen molar-refractivity contribution in [2.24, 2.45) is 0 Å². The summed E-state index contributed by atoms with van der Waals surface area (Å²) in [4.78, 5) is 60.7. The van der Waals surface area contributed by atoms with Crippen LogP contribution in [0.2, 0.25) is 0 Å². The number of anilines is 2. The molecule has 0 saturated carbocycles. The maximum Gasteiger partial charge on any atom is 0.573 e. The number of carbonyl (C=O) groups is 4. The number of amides is 2. The van der Waals surface area contributed by atoms with Gasteiger partial charge in [0.25, 0.3) is 0 Å². The van der Waals surface area contributed by atoms with E-state index in [0.29, 0.717) is 55.8 Å². The molecule has 16 nitrogen and oxygen atoms in total. The maximum absolute atomic E-state index is 14.5. The van der Waals surface area contributed by atoms with Crippen molar-refractivity contribution in [3.05, 3.63) is 124 Å². The third kappa shape index (κ3) is 16.5. The normalized spacial score (nSPS) is 12.1. The number of aromatic nitrogens is 4. The number of hydrogen-bond acceptors (Lipinski definition) is 12. The van der Waals surface area contributed by atoms with Gasteiger partial charge in [0.15, 0.2) is 22.9 Å². The van der Waals surface area contributed by atoms with E-state index in [1.807, 2.05) is 0 Å². The molecule has 0 N–H and O–H groups in total. The lowest BCUT2D eigenvalue weighted by atomic mass is 10.0. The van der Waals surface area contributed by atoms with Gasteiger partial charge in [-0.15, -0.1) is 13.2 Å². The highest BCUT2D eigenvalue weighted by Crippen LogP contribution is 2.38. The number of rotatable bonds is 13. The van der Waals surface area contributed by atoms with Gasteiger partial charge in [-0.05, 0) is 125 Å². The van der Waals surface area contributed by atoms with Gasteiger partial charge in [0.2, 0.25) is 0 Å². The van der Waals surface area contributed by atoms with Crippen LogP contribution in [0.25, 0.3) is 33.8 Å². The van der Waals surface area contributed by atoms with Gasteiger partial charge >= 0.3 is 42.8 Å². The Bertz CT molecular complexity index is 3510. The Morgan fingerprint density at radius 1 is 0.585 bits per heavy atom. The van der Waals surface area contributed by atoms with Crippen molar-refractivity contribution in [3.63, 3.8) is 0 Å². The zero-order chi connectivity index (χ0) is 61.0. The molecule has 27 heteroatoms. The first-order chi connectivity index (χ1) is 37.9. The lowest BCUT2D eigenvalue weighted by molar-refractivity contribution is -0.275. The van der Waals surface area contributed by atoms with E-state index in [-0.39, 0.29) is 39.7 Å². The molecule has 7 aromatic rings. The Kier molecular flexibility index (Phi) is 18.9. The molecule has 0 bridgehead atoms. The van der Waals surface area contributed by atoms with Crippen molar-refractivity contribution in [3.8, 4) is 39.8 Å². The highest BCUT2D eigenvalue weighted by atomic mass is 79.9. The zero-order valence-corrected chi connectivity index (χ0v) is 47.0. The van der Waals surface area contributed by atoms with Crippen LogP contribution < -0.4 is 19.3 Å². The van der Waals surface area contributed by atoms with E-state index in [1.165, 1.54) is 63.9 Å². The standard InChI is InChI=1S/C31H28F7N3O6.C24H25BrF3N3O4/c1-17-12-18(6-8-21(17)27(42)44-5)24-15-39-26-23(40(11-10-30(33,34)35)28(43)47-29(2,3)4)14-20(16-41(24)26)45-19-7-9-25(22(32)13-19)46-31(36,37)38;1-14-10-15(6-7-17(14)21(32)34-5)19-12-29-20-18(11-16(25)13-31(19)20)30(9-8-24(26,27)28)22(33)35-23(2,3)4/h6-9,12-16H,10-11H2,1-5H3;6-7,10-13H,8-9H2,1-5H3. The zero-order valence-electron chi connectivity index (χ0n) is 45.4. The van der Waals surface area contributed by atoms with Gasteiger partial charge in [-0.3, -0.25) is 18.6 Å². The third-order valence-corrected chi connectivity index (χ3v) is 11.8. The fraction of sp³-hybridized carbons (Fsp3) is 0.345. The van der Waals surface area contributed by atoms with Gasteiger partial charge in [0, 0.05) is 47.0 Å². The van der Waals surface area contributed by atoms with Crippen molar-refractivity contribution in [1.82, 2.24) is 18.8 Å². The number of ether oxygens (including phenoxy) is 6. The molecular formula is C55H53BrF10N6O10. The summed E-state index contributed by atoms with van der Waals surface area (Å²) in [7, 11) is 2.52. The predicted octanol–water partition coefficient (Wildman–Crippen LogP) is 15.2. The van der Waals surface area contributed by atoms with Crippen LogP contribution in [0.15, 0.2) is 96.0 Å². The summed E-state index contributed by atoms with van der Waals surface area (Å²) in [6, 6.07) is 14.8. The van der Waals surface area contributed by atoms with Crippen LogP contribution in [0.3, 0.4) is 0 Å². The molecule has 0 aliphatic heterocycles. The molecule has 0 saturated heterocycles. The monoisotopic (exact) mass is 1230 g/mol. The van der Waals surface area contributed by atoms with E-state index < -0.39 is 91.5 Å². The molecule has 0 aliphatic carbocycles. The van der Waals surface area contributed by atoms with Crippen LogP contribution in [-0.4, -0.2) is 100 Å². The molecule has 0 aliphatic rings. The molecule has 7 rings (SSSR count). The largest absolute Gasteiger partial charge is 0.573 e. The number of esters is 2. The Morgan fingerprint density at radius 2 is 1.02 bits per heavy atom. The highest BCUT2D eigenvalue weighted by molar-refractivity contribution is 9.10. The fourth-order valence-electron chi connectivity index (χ4n) is 7.91. The van der Waals surface area contributed by atoms with Gasteiger partial charge in [0.05, 0.1) is 79.5 Å². The number of hydrogen-bond donors (Lipinski definition) is 0. The molecule has 0 unspecified atom stereocenters. The summed E-state index contributed by atoms with van der Waals surface area (Å²) in [6.07, 6.45) is -13.0. The van der Waals surface area contributed by atoms with Gasteiger partial charge in [-0.1, -0.05) is 12.1 Å². The minimum absolute atomic E-state index is 0.00446. The first kappa shape index (κ1) is 63.1. The summed E-state index contributed by atoms with van der Waals surface area (Å²) in [6.45, 7) is 11.4. The quantitative estimate of drug-likeness (QED) is 0.0610. The van der Waals surface area contributed by atoms with Crippen LogP contribution in [0.4, 0.5) is 64.9 Å². The van der Waals surface area contributed by atoms with Gasteiger partial charge in [-0.2, -0.15) is 26.3 Å². The Morgan fingerprint density at radius 3 is 1.41 bits per heavy atom. The average Bonchev–Trinajstić information content (AvgIpc) is 4.11. The predicted molar refractivity (Wildman–Crippen MR) is 283 cm³/mol. The second-order valence-electron chi connectivity index (χ2n) is 20.1. The SMILES string of the molecule is COC(=O)c1ccc(-c2cnc3c(N(CCC(F)(F)F)C(=O)OC(C)(C)C)cc(Br)cn23)cc1C.COC(=O)c1ccc(-c2cnc3c(N(CCC(F)(F)F)C(=O)OC(C)(C)C)cc(Oc4ccc(OC(F)(F)F)c(F)c4)cn23)cc1C. The molecule has 0 spiro atoms. The number of fused-ring (bicyclic) bond motifs is 2. The number of imidazole rings is 2. The first-order valence-corrected chi connectivity index (χ1v) is 25.2. The van der Waals surface area contributed by atoms with Crippen LogP contribution in [-0.2, 0) is 18.9 Å². The first-order valence-electron chi connectivity index (χ1n) is 24.4. The van der Waals surface area contributed by atoms with E-state index in [0.717, 1.165) is 21.9 Å². The number of carbonyl (C=O) groups excluding carboxylic acids is 4. The molecule has 0 fully saturated rings. The van der Waals surface area contributed by atoms with Crippen molar-refractivity contribution < 1.29 is 91.5 Å². The Labute approximate surface area is 470 Å². The maximum atomic E-state index is 14.5. The number of alkyl halides is 9. The number of halogens is 11. The second-order valence-corrected chi connectivity index (χ2v) is 21.0. The van der Waals surface area contributed by atoms with Crippen molar-refractivity contribution in [1.29, 1.82) is 0 Å². The van der Waals surface area contributed by atoms with Crippen molar-refractivity contribution in [2.75, 3.05) is 37.1 Å². The van der Waals surface area contributed by atoms with E-state index in [1.54, 1.807) is 81.7 Å². The van der Waals surface area contributed by atoms with Gasteiger partial charge < -0.3 is 28.4 Å². The molecule has 3 aromatic carbocycles. The number of pyridine rings is 2. The molecule has 0 atom stereocenters. The molecule has 0 radical (unpaired) electrons. The Balaban J connectivity index is 0.000000275. The Hall–Kier alpha value is -8.10. The molecule has 4 heterocycles. The molecule has 2 amide bonds. The minimum Gasteiger partial charge on any atom is -0.465 e. The molecule has 4 aromatic heterocycles. The smallest absolute Gasteiger partial charge is 0.465 e. The lowest BCUT2D eigenvalue weighted by Crippen LogP contribution is -2.39. The van der Waals surface area contributed by atoms with Crippen LogP contribution in [0.1, 0.15) is 86.2 Å². The van der Waals surface area contributed by atoms with Crippen molar-refractivity contribution in [2.45, 2.75) is 98.1 Å². The number of aryl methyl sites for hydroxylation is 2. The highest BCUT2D eigenvalue weighted by Gasteiger charge is 2.36. The van der Waals surface area contributed by atoms with E-state index in [9.17, 15) is 63.1 Å². The molecule has 440 valence electrons. The third-order valence-electron chi connectivity index (χ3n) is 11.4. The summed E-state index contributed by atoms with van der Waals surface area (Å²) < 4.78 is 165. The number of methoxy groups -OCH3 is 2. The van der Waals surface area contributed by atoms with Crippen LogP contribution >= 0.6 is 15.9 Å². The molecule has 82 heavy (non-hydrogen) atoms. The van der Waals surface area contributed by atoms with E-state index >= 15 is 0 Å². The second kappa shape index (κ2) is 24.5. The summed E-state index contributed by atoms with van der Waals surface area (Å²) >= 11 is 3.39. The summed E-state index contributed by atoms with van der Waals surface area (Å²) in [5, 5.41) is 0. The van der Waals surface area contributed by atoms with Crippen LogP contribution in [0, 0.1) is 19.7 Å². The van der Waals surface area contributed by atoms with Gasteiger partial charge in [-0.25, -0.2) is 33.5 Å². The lowest BCUT2D eigenvalue weighted by Gasteiger charge is -2.28. The topological polar surface area (TPSA) is 165 Å². The summed E-state index contributed by atoms with van der Waals surface area (Å²) in [5.74, 6) is -4.05.